The smallest absolute Gasteiger partial charge is 0.195 e. The third-order valence-corrected chi connectivity index (χ3v) is 6.07. The number of hydrogen-bond donors (Lipinski definition) is 1. The zero-order valence-corrected chi connectivity index (χ0v) is 17.4. The summed E-state index contributed by atoms with van der Waals surface area (Å²) < 4.78 is 22.7. The second-order valence-corrected chi connectivity index (χ2v) is 8.06. The first kappa shape index (κ1) is 19.1. The van der Waals surface area contributed by atoms with Gasteiger partial charge in [-0.1, -0.05) is 15.9 Å². The van der Waals surface area contributed by atoms with E-state index in [2.05, 4.69) is 31.0 Å². The van der Waals surface area contributed by atoms with Crippen molar-refractivity contribution in [3.63, 3.8) is 0 Å². The average Bonchev–Trinajstić information content (AvgIpc) is 3.23. The van der Waals surface area contributed by atoms with E-state index in [1.54, 1.807) is 12.3 Å². The Hall–Kier alpha value is -2.91. The zero-order chi connectivity index (χ0) is 20.8. The van der Waals surface area contributed by atoms with Crippen molar-refractivity contribution < 1.29 is 13.9 Å². The molecule has 2 N–H and O–H groups in total. The van der Waals surface area contributed by atoms with E-state index in [0.717, 1.165) is 19.3 Å². The molecule has 7 nitrogen and oxygen atoms in total. The molecule has 1 aliphatic rings. The first-order valence-electron chi connectivity index (χ1n) is 9.56. The summed E-state index contributed by atoms with van der Waals surface area (Å²) in [6.07, 6.45) is 6.88. The Bertz CT molecular complexity index is 1300. The van der Waals surface area contributed by atoms with Gasteiger partial charge in [-0.25, -0.2) is 19.0 Å². The second-order valence-electron chi connectivity index (χ2n) is 7.20. The number of nitrogens with zero attached hydrogens (tertiary/aromatic N) is 4. The molecule has 1 aliphatic heterocycles. The van der Waals surface area contributed by atoms with Crippen LogP contribution in [0.3, 0.4) is 0 Å². The van der Waals surface area contributed by atoms with Crippen LogP contribution in [0.15, 0.2) is 41.4 Å². The molecule has 2 aromatic heterocycles. The van der Waals surface area contributed by atoms with Crippen molar-refractivity contribution in [3.05, 3.63) is 58.3 Å². The molecule has 5 rings (SSSR count). The van der Waals surface area contributed by atoms with E-state index in [4.69, 9.17) is 10.5 Å². The quantitative estimate of drug-likeness (QED) is 0.353. The standard InChI is InChI=1S/C21H17BrFN5O2/c22-15-7-12(18(24)19-14(15)8-25-10-26-19)21(29)11-4-5-16(23)20-13(11)9-27-28(20)17-3-1-2-6-30-17/h4-5,7-10,17H,1-3,6,24H2. The molecule has 0 aliphatic carbocycles. The van der Waals surface area contributed by atoms with Gasteiger partial charge in [-0.2, -0.15) is 5.10 Å². The number of ketones is 1. The molecule has 152 valence electrons. The maximum Gasteiger partial charge on any atom is 0.195 e. The summed E-state index contributed by atoms with van der Waals surface area (Å²) >= 11 is 3.46. The fourth-order valence-corrected chi connectivity index (χ4v) is 4.44. The molecule has 4 aromatic rings. The molecule has 0 bridgehead atoms. The Kier molecular flexibility index (Phi) is 4.71. The SMILES string of the molecule is Nc1c(C(=O)c2ccc(F)c3c2cnn3C2CCCCO2)cc(Br)c2cncnc12. The van der Waals surface area contributed by atoms with E-state index in [-0.39, 0.29) is 28.8 Å². The van der Waals surface area contributed by atoms with Crippen LogP contribution in [-0.2, 0) is 4.74 Å². The number of carbonyl (C=O) groups excluding carboxylic acids is 1. The van der Waals surface area contributed by atoms with Crippen molar-refractivity contribution in [2.75, 3.05) is 12.3 Å². The molecule has 1 atom stereocenters. The number of anilines is 1. The van der Waals surface area contributed by atoms with Crippen LogP contribution in [0.5, 0.6) is 0 Å². The number of aromatic nitrogens is 4. The minimum Gasteiger partial charge on any atom is -0.396 e. The fourth-order valence-electron chi connectivity index (χ4n) is 3.92. The van der Waals surface area contributed by atoms with Crippen LogP contribution in [0.2, 0.25) is 0 Å². The van der Waals surface area contributed by atoms with Crippen LogP contribution in [0.4, 0.5) is 10.1 Å². The van der Waals surface area contributed by atoms with Gasteiger partial charge in [0.2, 0.25) is 0 Å². The molecule has 0 radical (unpaired) electrons. The molecule has 2 aromatic carbocycles. The first-order valence-corrected chi connectivity index (χ1v) is 10.3. The molecule has 1 unspecified atom stereocenters. The minimum atomic E-state index is -0.450. The highest BCUT2D eigenvalue weighted by Crippen LogP contribution is 2.34. The highest BCUT2D eigenvalue weighted by molar-refractivity contribution is 9.10. The molecular formula is C21H17BrFN5O2. The monoisotopic (exact) mass is 469 g/mol. The van der Waals surface area contributed by atoms with Gasteiger partial charge >= 0.3 is 0 Å². The average molecular weight is 470 g/mol. The summed E-state index contributed by atoms with van der Waals surface area (Å²) in [6, 6.07) is 4.39. The number of halogens is 2. The zero-order valence-electron chi connectivity index (χ0n) is 15.8. The van der Waals surface area contributed by atoms with Crippen LogP contribution >= 0.6 is 15.9 Å². The maximum atomic E-state index is 14.8. The summed E-state index contributed by atoms with van der Waals surface area (Å²) in [5.41, 5.74) is 7.86. The van der Waals surface area contributed by atoms with Crippen molar-refractivity contribution in [3.8, 4) is 0 Å². The number of nitrogen functional groups attached to an aromatic ring is 1. The largest absolute Gasteiger partial charge is 0.396 e. The molecule has 0 amide bonds. The summed E-state index contributed by atoms with van der Waals surface area (Å²) in [4.78, 5) is 21.6. The Morgan fingerprint density at radius 2 is 2.10 bits per heavy atom. The van der Waals surface area contributed by atoms with Crippen LogP contribution < -0.4 is 5.73 Å². The Morgan fingerprint density at radius 3 is 2.90 bits per heavy atom. The number of nitrogens with two attached hydrogens (primary N) is 1. The number of carbonyl (C=O) groups is 1. The number of hydrogen-bond acceptors (Lipinski definition) is 6. The molecular weight excluding hydrogens is 453 g/mol. The van der Waals surface area contributed by atoms with Crippen LogP contribution in [-0.4, -0.2) is 32.1 Å². The van der Waals surface area contributed by atoms with Gasteiger partial charge in [0, 0.05) is 39.2 Å². The molecule has 9 heteroatoms. The first-order chi connectivity index (χ1) is 14.6. The topological polar surface area (TPSA) is 95.9 Å². The van der Waals surface area contributed by atoms with Gasteiger partial charge in [0.25, 0.3) is 0 Å². The number of fused-ring (bicyclic) bond motifs is 2. The van der Waals surface area contributed by atoms with Crippen LogP contribution in [0.25, 0.3) is 21.8 Å². The molecule has 30 heavy (non-hydrogen) atoms. The molecule has 1 saturated heterocycles. The summed E-state index contributed by atoms with van der Waals surface area (Å²) in [5, 5.41) is 5.47. The maximum absolute atomic E-state index is 14.8. The molecule has 0 spiro atoms. The van der Waals surface area contributed by atoms with Gasteiger partial charge in [-0.05, 0) is 37.5 Å². The number of ether oxygens (including phenoxy) is 1. The van der Waals surface area contributed by atoms with Crippen molar-refractivity contribution in [2.24, 2.45) is 0 Å². The molecule has 0 saturated carbocycles. The lowest BCUT2D eigenvalue weighted by Crippen LogP contribution is -2.19. The number of rotatable bonds is 3. The fraction of sp³-hybridized carbons (Fsp3) is 0.238. The summed E-state index contributed by atoms with van der Waals surface area (Å²) in [6.45, 7) is 0.607. The van der Waals surface area contributed by atoms with Gasteiger partial charge in [-0.15, -0.1) is 0 Å². The molecule has 1 fully saturated rings. The second kappa shape index (κ2) is 7.41. The van der Waals surface area contributed by atoms with Crippen molar-refractivity contribution in [1.82, 2.24) is 19.7 Å². The van der Waals surface area contributed by atoms with E-state index in [0.29, 0.717) is 32.9 Å². The Labute approximate surface area is 179 Å². The van der Waals surface area contributed by atoms with Crippen LogP contribution in [0.1, 0.15) is 41.4 Å². The lowest BCUT2D eigenvalue weighted by molar-refractivity contribution is -0.0369. The van der Waals surface area contributed by atoms with Gasteiger partial charge in [0.1, 0.15) is 17.7 Å². The Balaban J connectivity index is 1.66. The van der Waals surface area contributed by atoms with E-state index < -0.39 is 5.82 Å². The normalized spacial score (nSPS) is 16.9. The summed E-state index contributed by atoms with van der Waals surface area (Å²) in [7, 11) is 0. The highest BCUT2D eigenvalue weighted by atomic mass is 79.9. The predicted octanol–water partition coefficient (Wildman–Crippen LogP) is 4.39. The van der Waals surface area contributed by atoms with Gasteiger partial charge in [0.15, 0.2) is 12.0 Å². The van der Waals surface area contributed by atoms with Crippen molar-refractivity contribution in [1.29, 1.82) is 0 Å². The van der Waals surface area contributed by atoms with E-state index in [9.17, 15) is 9.18 Å². The Morgan fingerprint density at radius 1 is 1.23 bits per heavy atom. The van der Waals surface area contributed by atoms with E-state index >= 15 is 0 Å². The van der Waals surface area contributed by atoms with E-state index in [1.165, 1.54) is 29.3 Å². The molecule has 3 heterocycles. The lowest BCUT2D eigenvalue weighted by atomic mass is 9.97. The van der Waals surface area contributed by atoms with E-state index in [1.807, 2.05) is 0 Å². The van der Waals surface area contributed by atoms with Gasteiger partial charge in [-0.3, -0.25) is 4.79 Å². The third-order valence-electron chi connectivity index (χ3n) is 5.41. The summed E-state index contributed by atoms with van der Waals surface area (Å²) in [5.74, 6) is -0.781. The highest BCUT2D eigenvalue weighted by Gasteiger charge is 2.25. The van der Waals surface area contributed by atoms with Gasteiger partial charge < -0.3 is 10.5 Å². The predicted molar refractivity (Wildman–Crippen MR) is 114 cm³/mol. The third kappa shape index (κ3) is 2.96. The van der Waals surface area contributed by atoms with Crippen molar-refractivity contribution >= 4 is 49.2 Å². The van der Waals surface area contributed by atoms with Crippen molar-refractivity contribution in [2.45, 2.75) is 25.5 Å². The lowest BCUT2D eigenvalue weighted by Gasteiger charge is -2.23. The van der Waals surface area contributed by atoms with Crippen LogP contribution in [0, 0.1) is 5.82 Å². The minimum absolute atomic E-state index is 0.251. The van der Waals surface area contributed by atoms with Gasteiger partial charge in [0.05, 0.1) is 17.4 Å². The number of benzene rings is 2.